The van der Waals surface area contributed by atoms with Gasteiger partial charge in [0.25, 0.3) is 0 Å². The third kappa shape index (κ3) is 5.79. The Hall–Kier alpha value is -1.27. The van der Waals surface area contributed by atoms with E-state index in [-0.39, 0.29) is 6.04 Å². The van der Waals surface area contributed by atoms with Crippen LogP contribution in [0.4, 0.5) is 8.78 Å². The van der Waals surface area contributed by atoms with Gasteiger partial charge in [-0.2, -0.15) is 0 Å². The van der Waals surface area contributed by atoms with E-state index in [1.807, 2.05) is 0 Å². The van der Waals surface area contributed by atoms with Gasteiger partial charge in [0.1, 0.15) is 11.6 Å². The third-order valence-electron chi connectivity index (χ3n) is 2.92. The van der Waals surface area contributed by atoms with E-state index in [2.05, 4.69) is 24.7 Å². The molecule has 0 aliphatic carbocycles. The topological polar surface area (TPSA) is 28.5 Å². The van der Waals surface area contributed by atoms with Gasteiger partial charge in [0, 0.05) is 24.6 Å². The molecule has 0 amide bonds. The predicted octanol–water partition coefficient (Wildman–Crippen LogP) is 1.02. The van der Waals surface area contributed by atoms with Gasteiger partial charge < -0.3 is 15.5 Å². The van der Waals surface area contributed by atoms with E-state index in [0.717, 1.165) is 25.6 Å². The average molecular weight is 302 g/mol. The highest BCUT2D eigenvalue weighted by Gasteiger charge is 2.12. The van der Waals surface area contributed by atoms with Gasteiger partial charge in [0.2, 0.25) is 0 Å². The van der Waals surface area contributed by atoms with E-state index in [0.29, 0.717) is 10.7 Å². The predicted molar refractivity (Wildman–Crippen MR) is 80.8 cm³/mol. The summed E-state index contributed by atoms with van der Waals surface area (Å²) >= 11 is 5.15. The zero-order valence-corrected chi connectivity index (χ0v) is 12.9. The SMILES string of the molecule is C[C@@H](NC(=S)NCCC[NH+](C)C)c1ccc(F)cc1F. The Bertz CT molecular complexity index is 452. The van der Waals surface area contributed by atoms with Gasteiger partial charge in [0.05, 0.1) is 26.7 Å². The molecule has 1 aromatic rings. The Kier molecular flexibility index (Phi) is 6.81. The van der Waals surface area contributed by atoms with Crippen molar-refractivity contribution in [1.82, 2.24) is 10.6 Å². The first-order valence-corrected chi connectivity index (χ1v) is 7.09. The highest BCUT2D eigenvalue weighted by Crippen LogP contribution is 2.17. The molecule has 0 aliphatic rings. The minimum Gasteiger partial charge on any atom is -0.362 e. The summed E-state index contributed by atoms with van der Waals surface area (Å²) in [5.41, 5.74) is 0.397. The Morgan fingerprint density at radius 2 is 2.05 bits per heavy atom. The number of hydrogen-bond donors (Lipinski definition) is 3. The van der Waals surface area contributed by atoms with Gasteiger partial charge in [0.15, 0.2) is 5.11 Å². The first-order chi connectivity index (χ1) is 9.40. The molecule has 20 heavy (non-hydrogen) atoms. The van der Waals surface area contributed by atoms with Crippen LogP contribution in [-0.2, 0) is 0 Å². The number of rotatable bonds is 6. The summed E-state index contributed by atoms with van der Waals surface area (Å²) in [7, 11) is 4.19. The van der Waals surface area contributed by atoms with Crippen molar-refractivity contribution in [2.45, 2.75) is 19.4 Å². The zero-order valence-electron chi connectivity index (χ0n) is 12.1. The Morgan fingerprint density at radius 3 is 2.65 bits per heavy atom. The quantitative estimate of drug-likeness (QED) is 0.541. The molecule has 0 bridgehead atoms. The fourth-order valence-corrected chi connectivity index (χ4v) is 2.10. The molecule has 0 saturated carbocycles. The molecular weight excluding hydrogens is 280 g/mol. The second-order valence-corrected chi connectivity index (χ2v) is 5.51. The number of halogens is 2. The van der Waals surface area contributed by atoms with Crippen LogP contribution in [-0.4, -0.2) is 32.3 Å². The minimum absolute atomic E-state index is 0.310. The van der Waals surface area contributed by atoms with E-state index in [9.17, 15) is 8.78 Å². The summed E-state index contributed by atoms with van der Waals surface area (Å²) < 4.78 is 26.4. The molecular formula is C14H22F2N3S+. The summed E-state index contributed by atoms with van der Waals surface area (Å²) in [6.45, 7) is 3.61. The van der Waals surface area contributed by atoms with Crippen molar-refractivity contribution >= 4 is 17.3 Å². The molecule has 0 heterocycles. The third-order valence-corrected chi connectivity index (χ3v) is 3.18. The Labute approximate surface area is 124 Å². The second kappa shape index (κ2) is 8.11. The van der Waals surface area contributed by atoms with E-state index in [1.165, 1.54) is 17.0 Å². The van der Waals surface area contributed by atoms with Crippen LogP contribution < -0.4 is 15.5 Å². The largest absolute Gasteiger partial charge is 0.362 e. The molecule has 0 radical (unpaired) electrons. The number of benzene rings is 1. The van der Waals surface area contributed by atoms with Gasteiger partial charge in [-0.25, -0.2) is 8.78 Å². The molecule has 0 fully saturated rings. The van der Waals surface area contributed by atoms with E-state index >= 15 is 0 Å². The normalized spacial score (nSPS) is 12.3. The lowest BCUT2D eigenvalue weighted by Crippen LogP contribution is -3.05. The lowest BCUT2D eigenvalue weighted by Gasteiger charge is -2.18. The molecule has 0 saturated heterocycles. The van der Waals surface area contributed by atoms with Crippen molar-refractivity contribution in [2.24, 2.45) is 0 Å². The first-order valence-electron chi connectivity index (χ1n) is 6.68. The maximum Gasteiger partial charge on any atom is 0.166 e. The summed E-state index contributed by atoms with van der Waals surface area (Å²) in [4.78, 5) is 1.38. The van der Waals surface area contributed by atoms with Crippen molar-refractivity contribution in [2.75, 3.05) is 27.2 Å². The van der Waals surface area contributed by atoms with Crippen LogP contribution in [0, 0.1) is 11.6 Å². The standard InChI is InChI=1S/C14H21F2N3S/c1-10(12-6-5-11(15)9-13(12)16)18-14(20)17-7-4-8-19(2)3/h5-6,9-10H,4,7-8H2,1-3H3,(H2,17,18,20)/p+1/t10-/m1/s1. The van der Waals surface area contributed by atoms with Gasteiger partial charge >= 0.3 is 0 Å². The minimum atomic E-state index is -0.578. The monoisotopic (exact) mass is 302 g/mol. The molecule has 3 N–H and O–H groups in total. The molecule has 0 aliphatic heterocycles. The fraction of sp³-hybridized carbons (Fsp3) is 0.500. The fourth-order valence-electron chi connectivity index (χ4n) is 1.82. The van der Waals surface area contributed by atoms with Crippen molar-refractivity contribution < 1.29 is 13.7 Å². The summed E-state index contributed by atoms with van der Waals surface area (Å²) in [6, 6.07) is 3.24. The second-order valence-electron chi connectivity index (χ2n) is 5.10. The summed E-state index contributed by atoms with van der Waals surface area (Å²) in [5.74, 6) is -1.14. The van der Waals surface area contributed by atoms with E-state index in [4.69, 9.17) is 12.2 Å². The lowest BCUT2D eigenvalue weighted by molar-refractivity contribution is -0.858. The van der Waals surface area contributed by atoms with Crippen LogP contribution >= 0.6 is 12.2 Å². The number of quaternary nitrogens is 1. The highest BCUT2D eigenvalue weighted by molar-refractivity contribution is 7.80. The number of thiocarbonyl (C=S) groups is 1. The van der Waals surface area contributed by atoms with Gasteiger partial charge in [-0.05, 0) is 25.2 Å². The molecule has 6 heteroatoms. The number of nitrogens with one attached hydrogen (secondary N) is 3. The molecule has 0 unspecified atom stereocenters. The van der Waals surface area contributed by atoms with Crippen molar-refractivity contribution in [1.29, 1.82) is 0 Å². The van der Waals surface area contributed by atoms with Crippen LogP contribution in [0.5, 0.6) is 0 Å². The smallest absolute Gasteiger partial charge is 0.166 e. The van der Waals surface area contributed by atoms with Crippen molar-refractivity contribution in [3.63, 3.8) is 0 Å². The van der Waals surface area contributed by atoms with E-state index < -0.39 is 11.6 Å². The van der Waals surface area contributed by atoms with Crippen LogP contribution in [0.1, 0.15) is 24.9 Å². The van der Waals surface area contributed by atoms with Crippen LogP contribution in [0.3, 0.4) is 0 Å². The maximum atomic E-state index is 13.6. The van der Waals surface area contributed by atoms with Gasteiger partial charge in [-0.3, -0.25) is 0 Å². The van der Waals surface area contributed by atoms with Crippen LogP contribution in [0.2, 0.25) is 0 Å². The van der Waals surface area contributed by atoms with Crippen LogP contribution in [0.25, 0.3) is 0 Å². The molecule has 1 aromatic carbocycles. The van der Waals surface area contributed by atoms with Crippen molar-refractivity contribution in [3.8, 4) is 0 Å². The maximum absolute atomic E-state index is 13.6. The summed E-state index contributed by atoms with van der Waals surface area (Å²) in [5, 5.41) is 6.56. The van der Waals surface area contributed by atoms with Gasteiger partial charge in [-0.15, -0.1) is 0 Å². The Balaban J connectivity index is 2.41. The molecule has 3 nitrogen and oxygen atoms in total. The zero-order chi connectivity index (χ0) is 15.1. The molecule has 112 valence electrons. The molecule has 0 spiro atoms. The molecule has 1 atom stereocenters. The average Bonchev–Trinajstić information content (AvgIpc) is 2.34. The highest BCUT2D eigenvalue weighted by atomic mass is 32.1. The van der Waals surface area contributed by atoms with E-state index in [1.54, 1.807) is 6.92 Å². The van der Waals surface area contributed by atoms with Crippen LogP contribution in [0.15, 0.2) is 18.2 Å². The number of hydrogen-bond acceptors (Lipinski definition) is 1. The van der Waals surface area contributed by atoms with Crippen molar-refractivity contribution in [3.05, 3.63) is 35.4 Å². The molecule has 0 aromatic heterocycles. The summed E-state index contributed by atoms with van der Waals surface area (Å²) in [6.07, 6.45) is 1.00. The Morgan fingerprint density at radius 1 is 1.35 bits per heavy atom. The first kappa shape index (κ1) is 16.8. The van der Waals surface area contributed by atoms with Gasteiger partial charge in [-0.1, -0.05) is 6.07 Å². The molecule has 1 rings (SSSR count). The lowest BCUT2D eigenvalue weighted by atomic mass is 10.1.